The van der Waals surface area contributed by atoms with Crippen LogP contribution in [-0.4, -0.2) is 22.5 Å². The molecular weight excluding hydrogens is 370 g/mol. The third-order valence-electron chi connectivity index (χ3n) is 3.90. The highest BCUT2D eigenvalue weighted by molar-refractivity contribution is 7.20. The van der Waals surface area contributed by atoms with Crippen LogP contribution in [0.3, 0.4) is 0 Å². The molecule has 26 heavy (non-hydrogen) atoms. The molecule has 7 heteroatoms. The SMILES string of the molecule is Cc1cc(Cl)ccc1Nc1ncnc2sc(C(=O)OCC(C)C)c(C)c12. The van der Waals surface area contributed by atoms with Gasteiger partial charge in [0, 0.05) is 10.7 Å². The quantitative estimate of drug-likeness (QED) is 0.582. The number of thiophene rings is 1. The minimum absolute atomic E-state index is 0.290. The molecule has 0 aliphatic carbocycles. The van der Waals surface area contributed by atoms with Crippen LogP contribution in [0.15, 0.2) is 24.5 Å². The van der Waals surface area contributed by atoms with E-state index in [2.05, 4.69) is 15.3 Å². The Morgan fingerprint density at radius 1 is 1.31 bits per heavy atom. The lowest BCUT2D eigenvalue weighted by Gasteiger charge is -2.10. The highest BCUT2D eigenvalue weighted by Gasteiger charge is 2.21. The lowest BCUT2D eigenvalue weighted by molar-refractivity contribution is 0.0464. The molecule has 5 nitrogen and oxygen atoms in total. The first-order valence-electron chi connectivity index (χ1n) is 8.31. The van der Waals surface area contributed by atoms with Crippen LogP contribution >= 0.6 is 22.9 Å². The number of carbonyl (C=O) groups is 1. The van der Waals surface area contributed by atoms with E-state index in [-0.39, 0.29) is 5.97 Å². The van der Waals surface area contributed by atoms with Crippen LogP contribution in [0.25, 0.3) is 10.2 Å². The van der Waals surface area contributed by atoms with E-state index in [1.54, 1.807) is 0 Å². The molecule has 136 valence electrons. The number of aryl methyl sites for hydroxylation is 2. The summed E-state index contributed by atoms with van der Waals surface area (Å²) in [5, 5.41) is 4.85. The highest BCUT2D eigenvalue weighted by Crippen LogP contribution is 2.35. The van der Waals surface area contributed by atoms with Gasteiger partial charge < -0.3 is 10.1 Å². The van der Waals surface area contributed by atoms with Crippen LogP contribution in [0.4, 0.5) is 11.5 Å². The predicted octanol–water partition coefficient (Wildman–Crippen LogP) is 5.52. The van der Waals surface area contributed by atoms with Crippen molar-refractivity contribution in [3.05, 3.63) is 45.6 Å². The summed E-state index contributed by atoms with van der Waals surface area (Å²) in [6.07, 6.45) is 1.50. The molecule has 0 saturated carbocycles. The summed E-state index contributed by atoms with van der Waals surface area (Å²) in [6.45, 7) is 8.28. The smallest absolute Gasteiger partial charge is 0.348 e. The van der Waals surface area contributed by atoms with E-state index in [1.165, 1.54) is 17.7 Å². The van der Waals surface area contributed by atoms with E-state index in [0.717, 1.165) is 27.0 Å². The van der Waals surface area contributed by atoms with Gasteiger partial charge in [-0.1, -0.05) is 25.4 Å². The second-order valence-corrected chi connectivity index (χ2v) is 7.97. The number of ether oxygens (including phenoxy) is 1. The van der Waals surface area contributed by atoms with Gasteiger partial charge in [0.2, 0.25) is 0 Å². The number of carbonyl (C=O) groups excluding carboxylic acids is 1. The fourth-order valence-electron chi connectivity index (χ4n) is 2.56. The monoisotopic (exact) mass is 389 g/mol. The van der Waals surface area contributed by atoms with Crippen LogP contribution in [0, 0.1) is 19.8 Å². The Balaban J connectivity index is 1.98. The number of benzene rings is 1. The molecular formula is C19H20ClN3O2S. The Labute approximate surface area is 161 Å². The van der Waals surface area contributed by atoms with E-state index < -0.39 is 0 Å². The zero-order valence-electron chi connectivity index (χ0n) is 15.1. The summed E-state index contributed by atoms with van der Waals surface area (Å²) < 4.78 is 5.38. The van der Waals surface area contributed by atoms with Crippen molar-refractivity contribution in [2.75, 3.05) is 11.9 Å². The van der Waals surface area contributed by atoms with Crippen LogP contribution < -0.4 is 5.32 Å². The van der Waals surface area contributed by atoms with Crippen molar-refractivity contribution in [3.8, 4) is 0 Å². The average Bonchev–Trinajstić information content (AvgIpc) is 2.93. The summed E-state index contributed by atoms with van der Waals surface area (Å²) in [4.78, 5) is 22.4. The number of hydrogen-bond acceptors (Lipinski definition) is 6. The van der Waals surface area contributed by atoms with Gasteiger partial charge in [0.1, 0.15) is 21.9 Å². The normalized spacial score (nSPS) is 11.2. The minimum atomic E-state index is -0.312. The molecule has 0 aliphatic rings. The fraction of sp³-hybridized carbons (Fsp3) is 0.316. The molecule has 1 aromatic carbocycles. The van der Waals surface area contributed by atoms with Crippen molar-refractivity contribution in [1.82, 2.24) is 9.97 Å². The molecule has 0 bridgehead atoms. The number of halogens is 1. The van der Waals surface area contributed by atoms with E-state index >= 15 is 0 Å². The highest BCUT2D eigenvalue weighted by atomic mass is 35.5. The van der Waals surface area contributed by atoms with Crippen LogP contribution in [0.2, 0.25) is 5.02 Å². The number of aromatic nitrogens is 2. The molecule has 0 amide bonds. The first-order valence-corrected chi connectivity index (χ1v) is 9.50. The van der Waals surface area contributed by atoms with Crippen molar-refractivity contribution in [1.29, 1.82) is 0 Å². The number of esters is 1. The molecule has 1 N–H and O–H groups in total. The lowest BCUT2D eigenvalue weighted by Crippen LogP contribution is -2.09. The molecule has 0 radical (unpaired) electrons. The molecule has 0 saturated heterocycles. The Hall–Kier alpha value is -2.18. The lowest BCUT2D eigenvalue weighted by atomic mass is 10.1. The van der Waals surface area contributed by atoms with Crippen molar-refractivity contribution < 1.29 is 9.53 Å². The van der Waals surface area contributed by atoms with Crippen molar-refractivity contribution in [2.24, 2.45) is 5.92 Å². The molecule has 3 aromatic rings. The molecule has 2 aromatic heterocycles. The number of fused-ring (bicyclic) bond motifs is 1. The molecule has 0 aliphatic heterocycles. The maximum atomic E-state index is 12.4. The second-order valence-electron chi connectivity index (χ2n) is 6.54. The van der Waals surface area contributed by atoms with Crippen LogP contribution in [0.5, 0.6) is 0 Å². The van der Waals surface area contributed by atoms with Gasteiger partial charge in [-0.15, -0.1) is 11.3 Å². The van der Waals surface area contributed by atoms with Gasteiger partial charge in [-0.25, -0.2) is 14.8 Å². The first-order chi connectivity index (χ1) is 12.4. The summed E-state index contributed by atoms with van der Waals surface area (Å²) in [5.74, 6) is 0.642. The van der Waals surface area contributed by atoms with Crippen LogP contribution in [-0.2, 0) is 4.74 Å². The summed E-state index contributed by atoms with van der Waals surface area (Å²) >= 11 is 7.36. The number of nitrogens with one attached hydrogen (secondary N) is 1. The number of hydrogen-bond donors (Lipinski definition) is 1. The summed E-state index contributed by atoms with van der Waals surface area (Å²) in [6, 6.07) is 5.62. The number of nitrogens with zero attached hydrogens (tertiary/aromatic N) is 2. The maximum absolute atomic E-state index is 12.4. The van der Waals surface area contributed by atoms with Gasteiger partial charge in [0.05, 0.1) is 12.0 Å². The maximum Gasteiger partial charge on any atom is 0.348 e. The van der Waals surface area contributed by atoms with E-state index in [1.807, 2.05) is 45.9 Å². The fourth-order valence-corrected chi connectivity index (χ4v) is 3.83. The molecule has 0 fully saturated rings. The van der Waals surface area contributed by atoms with Crippen molar-refractivity contribution in [3.63, 3.8) is 0 Å². The van der Waals surface area contributed by atoms with E-state index in [4.69, 9.17) is 16.3 Å². The first kappa shape index (κ1) is 18.6. The average molecular weight is 390 g/mol. The Morgan fingerprint density at radius 2 is 2.08 bits per heavy atom. The zero-order valence-corrected chi connectivity index (χ0v) is 16.7. The number of rotatable bonds is 5. The minimum Gasteiger partial charge on any atom is -0.461 e. The second kappa shape index (κ2) is 7.60. The number of anilines is 2. The molecule has 0 spiro atoms. The van der Waals surface area contributed by atoms with Gasteiger partial charge in [-0.2, -0.15) is 0 Å². The van der Waals surface area contributed by atoms with E-state index in [0.29, 0.717) is 28.2 Å². The Bertz CT molecular complexity index is 969. The summed E-state index contributed by atoms with van der Waals surface area (Å²) in [5.41, 5.74) is 2.74. The third-order valence-corrected chi connectivity index (χ3v) is 5.32. The van der Waals surface area contributed by atoms with Gasteiger partial charge >= 0.3 is 5.97 Å². The van der Waals surface area contributed by atoms with Gasteiger partial charge in [0.15, 0.2) is 0 Å². The third kappa shape index (κ3) is 3.81. The standard InChI is InChI=1S/C19H20ClN3O2S/c1-10(2)8-25-19(24)16-12(4)15-17(21-9-22-18(15)26-16)23-14-6-5-13(20)7-11(14)3/h5-7,9-10H,8H2,1-4H3,(H,21,22,23). The Kier molecular flexibility index (Phi) is 5.44. The van der Waals surface area contributed by atoms with Crippen molar-refractivity contribution >= 4 is 50.6 Å². The van der Waals surface area contributed by atoms with Crippen molar-refractivity contribution in [2.45, 2.75) is 27.7 Å². The molecule has 0 unspecified atom stereocenters. The topological polar surface area (TPSA) is 64.1 Å². The largest absolute Gasteiger partial charge is 0.461 e. The van der Waals surface area contributed by atoms with Gasteiger partial charge in [-0.3, -0.25) is 0 Å². The molecule has 3 rings (SSSR count). The predicted molar refractivity (Wildman–Crippen MR) is 107 cm³/mol. The summed E-state index contributed by atoms with van der Waals surface area (Å²) in [7, 11) is 0. The Morgan fingerprint density at radius 3 is 2.77 bits per heavy atom. The van der Waals surface area contributed by atoms with Crippen LogP contribution in [0.1, 0.15) is 34.6 Å². The molecule has 2 heterocycles. The van der Waals surface area contributed by atoms with Gasteiger partial charge in [0.25, 0.3) is 0 Å². The zero-order chi connectivity index (χ0) is 18.8. The molecule has 0 atom stereocenters. The van der Waals surface area contributed by atoms with Gasteiger partial charge in [-0.05, 0) is 49.1 Å². The van der Waals surface area contributed by atoms with E-state index in [9.17, 15) is 4.79 Å².